The fraction of sp³-hybridized carbons (Fsp3) is 0.222. The van der Waals surface area contributed by atoms with Gasteiger partial charge in [0.1, 0.15) is 0 Å². The maximum absolute atomic E-state index is 14.1. The summed E-state index contributed by atoms with van der Waals surface area (Å²) in [5, 5.41) is 9.03. The van der Waals surface area contributed by atoms with Gasteiger partial charge >= 0.3 is 12.1 Å². The van der Waals surface area contributed by atoms with Crippen LogP contribution in [0.4, 0.5) is 13.2 Å². The molecule has 0 saturated heterocycles. The number of alkyl halides is 3. The predicted molar refractivity (Wildman–Crippen MR) is 115 cm³/mol. The molecule has 2 aromatic rings. The average Bonchev–Trinajstić information content (AvgIpc) is 3.06. The van der Waals surface area contributed by atoms with Crippen molar-refractivity contribution in [2.45, 2.75) is 22.2 Å². The summed E-state index contributed by atoms with van der Waals surface area (Å²) < 4.78 is 44.8. The number of hydrogen-bond acceptors (Lipinski definition) is 4. The van der Waals surface area contributed by atoms with Gasteiger partial charge in [0.05, 0.1) is 11.5 Å². The van der Waals surface area contributed by atoms with Crippen LogP contribution in [0.5, 0.6) is 0 Å². The highest BCUT2D eigenvalue weighted by Gasteiger charge is 2.60. The third-order valence-electron chi connectivity index (χ3n) is 4.13. The van der Waals surface area contributed by atoms with Crippen molar-refractivity contribution in [1.29, 1.82) is 0 Å². The SMILES string of the molecule is O=C(O)CSc1ccc(C2=NSC(c3cc(Cl)cc(Cl)c3)(C(F)(F)F)C2)cc1Br. The number of carbonyl (C=O) groups is 1. The van der Waals surface area contributed by atoms with Gasteiger partial charge in [-0.2, -0.15) is 13.2 Å². The van der Waals surface area contributed by atoms with Crippen LogP contribution in [0.1, 0.15) is 17.5 Å². The van der Waals surface area contributed by atoms with Crippen LogP contribution in [0, 0.1) is 0 Å². The quantitative estimate of drug-likeness (QED) is 0.318. The topological polar surface area (TPSA) is 49.7 Å². The molecular formula is C18H11BrCl2F3NO2S2. The van der Waals surface area contributed by atoms with Crippen LogP contribution in [-0.4, -0.2) is 28.7 Å². The Morgan fingerprint density at radius 3 is 2.45 bits per heavy atom. The van der Waals surface area contributed by atoms with Crippen LogP contribution in [0.25, 0.3) is 0 Å². The lowest BCUT2D eigenvalue weighted by Gasteiger charge is -2.30. The minimum Gasteiger partial charge on any atom is -0.481 e. The van der Waals surface area contributed by atoms with Crippen molar-refractivity contribution >= 4 is 74.5 Å². The summed E-state index contributed by atoms with van der Waals surface area (Å²) in [7, 11) is 0. The van der Waals surface area contributed by atoms with E-state index in [1.807, 2.05) is 0 Å². The molecule has 0 bridgehead atoms. The van der Waals surface area contributed by atoms with E-state index in [2.05, 4.69) is 20.3 Å². The van der Waals surface area contributed by atoms with Crippen molar-refractivity contribution in [1.82, 2.24) is 0 Å². The van der Waals surface area contributed by atoms with Crippen molar-refractivity contribution in [3.05, 3.63) is 62.0 Å². The first-order chi connectivity index (χ1) is 13.5. The second kappa shape index (κ2) is 8.70. The first-order valence-corrected chi connectivity index (χ1v) is 11.3. The molecule has 0 fully saturated rings. The van der Waals surface area contributed by atoms with E-state index in [-0.39, 0.29) is 33.5 Å². The smallest absolute Gasteiger partial charge is 0.409 e. The molecule has 1 heterocycles. The molecule has 154 valence electrons. The molecule has 29 heavy (non-hydrogen) atoms. The molecule has 0 radical (unpaired) electrons. The zero-order chi connectivity index (χ0) is 21.4. The Balaban J connectivity index is 1.93. The molecule has 0 saturated carbocycles. The lowest BCUT2D eigenvalue weighted by atomic mass is 9.89. The van der Waals surface area contributed by atoms with Gasteiger partial charge in [-0.1, -0.05) is 29.3 Å². The van der Waals surface area contributed by atoms with E-state index < -0.39 is 16.9 Å². The Morgan fingerprint density at radius 2 is 1.90 bits per heavy atom. The van der Waals surface area contributed by atoms with Gasteiger partial charge in [0.2, 0.25) is 0 Å². The molecule has 0 amide bonds. The molecule has 1 aliphatic heterocycles. The van der Waals surface area contributed by atoms with Gasteiger partial charge in [-0.25, -0.2) is 4.40 Å². The molecule has 0 aromatic heterocycles. The zero-order valence-electron chi connectivity index (χ0n) is 14.3. The molecule has 1 N–H and O–H groups in total. The maximum Gasteiger partial charge on any atom is 0.409 e. The third-order valence-corrected chi connectivity index (χ3v) is 7.78. The van der Waals surface area contributed by atoms with Crippen LogP contribution in [0.15, 0.2) is 50.2 Å². The minimum atomic E-state index is -4.59. The second-order valence-electron chi connectivity index (χ2n) is 6.12. The van der Waals surface area contributed by atoms with Crippen LogP contribution >= 0.6 is 62.8 Å². The Labute approximate surface area is 191 Å². The summed E-state index contributed by atoms with van der Waals surface area (Å²) in [5.41, 5.74) is 0.737. The molecule has 11 heteroatoms. The molecule has 0 aliphatic carbocycles. The first-order valence-electron chi connectivity index (χ1n) is 7.95. The largest absolute Gasteiger partial charge is 0.481 e. The molecule has 0 spiro atoms. The number of aliphatic carboxylic acids is 1. The number of carboxylic acids is 1. The molecule has 3 rings (SSSR count). The minimum absolute atomic E-state index is 0.0565. The number of halogens is 6. The first kappa shape index (κ1) is 22.8. The Kier molecular flexibility index (Phi) is 6.85. The van der Waals surface area contributed by atoms with Gasteiger partial charge in [-0.3, -0.25) is 4.79 Å². The highest BCUT2D eigenvalue weighted by Crippen LogP contribution is 2.57. The van der Waals surface area contributed by atoms with E-state index >= 15 is 0 Å². The highest BCUT2D eigenvalue weighted by molar-refractivity contribution is 9.10. The van der Waals surface area contributed by atoms with Crippen molar-refractivity contribution in [2.24, 2.45) is 4.40 Å². The van der Waals surface area contributed by atoms with Gasteiger partial charge < -0.3 is 5.11 Å². The highest BCUT2D eigenvalue weighted by atomic mass is 79.9. The summed E-state index contributed by atoms with van der Waals surface area (Å²) in [6.45, 7) is 0. The normalized spacial score (nSPS) is 19.3. The molecular weight excluding hydrogens is 534 g/mol. The van der Waals surface area contributed by atoms with Crippen LogP contribution in [-0.2, 0) is 9.54 Å². The van der Waals surface area contributed by atoms with Crippen molar-refractivity contribution in [3.63, 3.8) is 0 Å². The number of hydrogen-bond donors (Lipinski definition) is 1. The van der Waals surface area contributed by atoms with Crippen molar-refractivity contribution in [2.75, 3.05) is 5.75 Å². The Morgan fingerprint density at radius 1 is 1.24 bits per heavy atom. The number of rotatable bonds is 5. The number of carboxylic acid groups (broad SMARTS) is 1. The number of nitrogens with zero attached hydrogens (tertiary/aromatic N) is 1. The third kappa shape index (κ3) is 4.90. The van der Waals surface area contributed by atoms with Crippen LogP contribution in [0.2, 0.25) is 10.0 Å². The van der Waals surface area contributed by atoms with Gasteiger partial charge in [-0.15, -0.1) is 11.8 Å². The van der Waals surface area contributed by atoms with Crippen LogP contribution < -0.4 is 0 Å². The lowest BCUT2D eigenvalue weighted by molar-refractivity contribution is -0.159. The van der Waals surface area contributed by atoms with E-state index in [4.69, 9.17) is 28.3 Å². The number of thioether (sulfide) groups is 1. The summed E-state index contributed by atoms with van der Waals surface area (Å²) in [4.78, 5) is 11.4. The van der Waals surface area contributed by atoms with Gasteiger partial charge in [-0.05, 0) is 69.3 Å². The zero-order valence-corrected chi connectivity index (χ0v) is 19.0. The van der Waals surface area contributed by atoms with Crippen LogP contribution in [0.3, 0.4) is 0 Å². The summed E-state index contributed by atoms with van der Waals surface area (Å²) in [5.74, 6) is -1.08. The summed E-state index contributed by atoms with van der Waals surface area (Å²) in [6, 6.07) is 8.82. The molecule has 1 unspecified atom stereocenters. The monoisotopic (exact) mass is 543 g/mol. The summed E-state index contributed by atoms with van der Waals surface area (Å²) in [6.07, 6.45) is -4.97. The van der Waals surface area contributed by atoms with Crippen molar-refractivity contribution in [3.8, 4) is 0 Å². The average molecular weight is 545 g/mol. The molecule has 2 aromatic carbocycles. The van der Waals surface area contributed by atoms with E-state index in [1.165, 1.54) is 18.2 Å². The standard InChI is InChI=1S/C18H11BrCl2F3NO2S2/c19-13-3-9(1-2-15(13)28-8-16(26)27)14-7-17(29-25-14,18(22,23)24)10-4-11(20)6-12(21)5-10/h1-6H,7-8H2,(H,26,27). The van der Waals surface area contributed by atoms with Gasteiger partial charge in [0.25, 0.3) is 0 Å². The van der Waals surface area contributed by atoms with E-state index in [9.17, 15) is 18.0 Å². The van der Waals surface area contributed by atoms with E-state index in [1.54, 1.807) is 18.2 Å². The second-order valence-corrected chi connectivity index (χ2v) is 9.92. The Bertz CT molecular complexity index is 983. The predicted octanol–water partition coefficient (Wildman–Crippen LogP) is 7.23. The maximum atomic E-state index is 14.1. The van der Waals surface area contributed by atoms with Gasteiger partial charge in [0.15, 0.2) is 4.75 Å². The van der Waals surface area contributed by atoms with Crippen molar-refractivity contribution < 1.29 is 23.1 Å². The van der Waals surface area contributed by atoms with E-state index in [0.717, 1.165) is 11.8 Å². The fourth-order valence-electron chi connectivity index (χ4n) is 2.78. The molecule has 1 atom stereocenters. The van der Waals surface area contributed by atoms with E-state index in [0.29, 0.717) is 26.9 Å². The fourth-order valence-corrected chi connectivity index (χ4v) is 5.63. The number of benzene rings is 2. The molecule has 1 aliphatic rings. The Hall–Kier alpha value is -0.870. The summed E-state index contributed by atoms with van der Waals surface area (Å²) >= 11 is 16.8. The molecule has 3 nitrogen and oxygen atoms in total. The van der Waals surface area contributed by atoms with Gasteiger partial charge in [0, 0.05) is 25.8 Å². The lowest BCUT2D eigenvalue weighted by Crippen LogP contribution is -2.38.